The monoisotopic (exact) mass is 634 g/mol. The predicted octanol–water partition coefficient (Wildman–Crippen LogP) is 7.41. The Morgan fingerprint density at radius 2 is 1.41 bits per heavy atom. The van der Waals surface area contributed by atoms with Crippen LogP contribution in [0.15, 0.2) is 88.7 Å². The average molecular weight is 635 g/mol. The normalized spacial score (nSPS) is 14.3. The summed E-state index contributed by atoms with van der Waals surface area (Å²) in [6.07, 6.45) is 0. The number of hydrogen-bond donors (Lipinski definition) is 2. The van der Waals surface area contributed by atoms with Crippen molar-refractivity contribution in [2.24, 2.45) is 0 Å². The Bertz CT molecular complexity index is 1240. The molecule has 0 aliphatic rings. The van der Waals surface area contributed by atoms with Crippen LogP contribution in [-0.4, -0.2) is 57.3 Å². The van der Waals surface area contributed by atoms with Gasteiger partial charge in [-0.15, -0.1) is 11.8 Å². The molecular weight excluding hydrogens is 591 g/mol. The zero-order valence-electron chi connectivity index (χ0n) is 24.8. The van der Waals surface area contributed by atoms with Crippen molar-refractivity contribution in [3.63, 3.8) is 0 Å². The Morgan fingerprint density at radius 1 is 0.854 bits per heavy atom. The van der Waals surface area contributed by atoms with E-state index in [-0.39, 0.29) is 6.04 Å². The van der Waals surface area contributed by atoms with Gasteiger partial charge in [-0.1, -0.05) is 87.3 Å². The van der Waals surface area contributed by atoms with Crippen molar-refractivity contribution >= 4 is 41.8 Å². The molecule has 3 aromatic rings. The van der Waals surface area contributed by atoms with Gasteiger partial charge in [0.1, 0.15) is 16.8 Å². The molecule has 0 bridgehead atoms. The van der Waals surface area contributed by atoms with Crippen molar-refractivity contribution < 1.29 is 8.77 Å². The molecule has 0 fully saturated rings. The van der Waals surface area contributed by atoms with Gasteiger partial charge in [-0.2, -0.15) is 0 Å². The minimum Gasteiger partial charge on any atom is -0.307 e. The van der Waals surface area contributed by atoms with Gasteiger partial charge < -0.3 is 5.32 Å². The first-order valence-electron chi connectivity index (χ1n) is 14.3. The van der Waals surface area contributed by atoms with Gasteiger partial charge >= 0.3 is 0 Å². The van der Waals surface area contributed by atoms with Crippen molar-refractivity contribution in [2.75, 3.05) is 31.9 Å². The summed E-state index contributed by atoms with van der Waals surface area (Å²) in [5.41, 5.74) is 2.23. The third-order valence-electron chi connectivity index (χ3n) is 7.13. The van der Waals surface area contributed by atoms with Crippen LogP contribution >= 0.6 is 30.8 Å². The summed E-state index contributed by atoms with van der Waals surface area (Å²) in [5.74, 6) is -0.00280. The summed E-state index contributed by atoms with van der Waals surface area (Å²) in [7, 11) is -4.85. The maximum atomic E-state index is 15.6. The van der Waals surface area contributed by atoms with Gasteiger partial charge in [0.25, 0.3) is 0 Å². The van der Waals surface area contributed by atoms with Crippen molar-refractivity contribution in [3.05, 3.63) is 95.0 Å². The highest BCUT2D eigenvalue weighted by molar-refractivity contribution is 7.99. The zero-order chi connectivity index (χ0) is 29.8. The molecule has 0 unspecified atom stereocenters. The Morgan fingerprint density at radius 3 is 1.95 bits per heavy atom. The van der Waals surface area contributed by atoms with Crippen LogP contribution in [0.3, 0.4) is 0 Å². The van der Waals surface area contributed by atoms with Crippen molar-refractivity contribution in [1.29, 1.82) is 0 Å². The molecule has 3 atom stereocenters. The van der Waals surface area contributed by atoms with Crippen molar-refractivity contribution in [3.8, 4) is 0 Å². The van der Waals surface area contributed by atoms with Crippen LogP contribution in [0.4, 0.5) is 0 Å². The van der Waals surface area contributed by atoms with E-state index in [4.69, 9.17) is 11.6 Å². The summed E-state index contributed by atoms with van der Waals surface area (Å²) in [6, 6.07) is 25.4. The second-order valence-corrected chi connectivity index (χ2v) is 15.4. The van der Waals surface area contributed by atoms with E-state index < -0.39 is 24.2 Å². The first kappa shape index (κ1) is 34.0. The number of hydrogen-bond acceptors (Lipinski definition) is 4. The third kappa shape index (κ3) is 9.25. The summed E-state index contributed by atoms with van der Waals surface area (Å²) < 4.78 is 37.0. The van der Waals surface area contributed by atoms with Gasteiger partial charge in [0, 0.05) is 54.4 Å². The molecule has 10 heteroatoms. The minimum atomic E-state index is -3.27. The van der Waals surface area contributed by atoms with E-state index in [1.165, 1.54) is 0 Å². The minimum absolute atomic E-state index is 0.280. The van der Waals surface area contributed by atoms with Crippen LogP contribution in [0.1, 0.15) is 38.8 Å². The molecule has 41 heavy (non-hydrogen) atoms. The van der Waals surface area contributed by atoms with Crippen LogP contribution in [0.25, 0.3) is 0 Å². The molecule has 0 spiro atoms. The molecule has 0 aliphatic heterocycles. The number of aryl methyl sites for hydroxylation is 1. The van der Waals surface area contributed by atoms with E-state index in [0.717, 1.165) is 16.0 Å². The highest BCUT2D eigenvalue weighted by Gasteiger charge is 2.46. The highest BCUT2D eigenvalue weighted by Crippen LogP contribution is 2.57. The second-order valence-electron chi connectivity index (χ2n) is 9.75. The lowest BCUT2D eigenvalue weighted by Gasteiger charge is -2.45. The van der Waals surface area contributed by atoms with Crippen molar-refractivity contribution in [2.45, 2.75) is 62.8 Å². The molecule has 0 amide bonds. The van der Waals surface area contributed by atoms with E-state index in [9.17, 15) is 4.21 Å². The molecule has 3 aromatic carbocycles. The molecule has 224 valence electrons. The summed E-state index contributed by atoms with van der Waals surface area (Å²) >= 11 is 7.82. The molecule has 6 nitrogen and oxygen atoms in total. The lowest BCUT2D eigenvalue weighted by atomic mass is 10.2. The van der Waals surface area contributed by atoms with Gasteiger partial charge in [0.15, 0.2) is 0 Å². The topological polar surface area (TPSA) is 64.7 Å². The highest BCUT2D eigenvalue weighted by atomic mass is 35.5. The maximum absolute atomic E-state index is 15.6. The Hall–Kier alpha value is -1.48. The number of nitrogens with zero attached hydrogens (tertiary/aromatic N) is 2. The molecule has 0 aliphatic carbocycles. The number of thioether (sulfide) groups is 1. The summed E-state index contributed by atoms with van der Waals surface area (Å²) in [6.45, 7) is 13.3. The zero-order valence-corrected chi connectivity index (χ0v) is 28.0. The molecule has 0 saturated carbocycles. The van der Waals surface area contributed by atoms with Crippen LogP contribution < -0.4 is 10.0 Å². The van der Waals surface area contributed by atoms with Crippen LogP contribution in [0.5, 0.6) is 0 Å². The van der Waals surface area contributed by atoms with Crippen LogP contribution in [0.2, 0.25) is 5.02 Å². The number of benzene rings is 3. The third-order valence-corrected chi connectivity index (χ3v) is 13.8. The molecular formula is C31H44ClN4O2PS2. The van der Waals surface area contributed by atoms with Gasteiger partial charge in [0.2, 0.25) is 7.44 Å². The fourth-order valence-electron chi connectivity index (χ4n) is 4.84. The maximum Gasteiger partial charge on any atom is 0.235 e. The molecule has 0 aromatic heterocycles. The lowest BCUT2D eigenvalue weighted by molar-refractivity contribution is 0.334. The SMILES string of the molecule is CCN(CC)P(=O)([C@@H](N[S@@](=O)c1ccc(C)cc1)[C@@H](CSc1ccc(Cl)cc1)NCc1ccccc1)N(CC)CC. The first-order valence-corrected chi connectivity index (χ1v) is 18.5. The van der Waals surface area contributed by atoms with Gasteiger partial charge in [-0.3, -0.25) is 4.57 Å². The first-order chi connectivity index (χ1) is 19.8. The average Bonchev–Trinajstić information content (AvgIpc) is 2.99. The van der Waals surface area contributed by atoms with E-state index in [1.807, 2.05) is 101 Å². The van der Waals surface area contributed by atoms with E-state index >= 15 is 4.57 Å². The molecule has 0 saturated heterocycles. The molecule has 0 radical (unpaired) electrons. The van der Waals surface area contributed by atoms with Crippen molar-refractivity contribution in [1.82, 2.24) is 19.4 Å². The van der Waals surface area contributed by atoms with Gasteiger partial charge in [0.05, 0.1) is 4.90 Å². The summed E-state index contributed by atoms with van der Waals surface area (Å²) in [4.78, 5) is 1.73. The predicted molar refractivity (Wildman–Crippen MR) is 177 cm³/mol. The summed E-state index contributed by atoms with van der Waals surface area (Å²) in [5, 5.41) is 4.41. The standard InChI is InChI=1S/C31H44ClN4O2PS2/c1-6-35(7-2)39(37,36(8-3)9-4)31(34-41(38)29-21-15-25(5)16-22-29)30(33-23-26-13-11-10-12-14-26)24-40-28-19-17-27(32)18-20-28/h10-22,30-31,33-34H,6-9,23-24H2,1-5H3/t30-,31-,41+/m1/s1. The van der Waals surface area contributed by atoms with Crippen LogP contribution in [0, 0.1) is 6.92 Å². The Kier molecular flexibility index (Phi) is 14.1. The fourth-order valence-corrected chi connectivity index (χ4v) is 11.2. The van der Waals surface area contributed by atoms with E-state index in [1.54, 1.807) is 11.8 Å². The second kappa shape index (κ2) is 17.0. The largest absolute Gasteiger partial charge is 0.307 e. The Balaban J connectivity index is 2.09. The quantitative estimate of drug-likeness (QED) is 0.119. The lowest BCUT2D eigenvalue weighted by Crippen LogP contribution is -2.54. The number of halogens is 1. The molecule has 3 rings (SSSR count). The fraction of sp³-hybridized carbons (Fsp3) is 0.419. The van der Waals surface area contributed by atoms with Gasteiger partial charge in [-0.05, 0) is 48.9 Å². The number of rotatable bonds is 17. The number of nitrogens with one attached hydrogen (secondary N) is 2. The van der Waals surface area contributed by atoms with Crippen LogP contribution in [-0.2, 0) is 22.1 Å². The molecule has 2 N–H and O–H groups in total. The molecule has 0 heterocycles. The smallest absolute Gasteiger partial charge is 0.235 e. The van der Waals surface area contributed by atoms with Gasteiger partial charge in [-0.25, -0.2) is 18.3 Å². The van der Waals surface area contributed by atoms with E-state index in [0.29, 0.717) is 48.4 Å². The Labute approximate surface area is 258 Å². The van der Waals surface area contributed by atoms with E-state index in [2.05, 4.69) is 31.5 Å².